The second kappa shape index (κ2) is 7.13. The number of amides is 1. The molecule has 6 nitrogen and oxygen atoms in total. The summed E-state index contributed by atoms with van der Waals surface area (Å²) in [6.07, 6.45) is 4.52. The van der Waals surface area contributed by atoms with Crippen LogP contribution in [0.2, 0.25) is 0 Å². The highest BCUT2D eigenvalue weighted by Gasteiger charge is 2.33. The van der Waals surface area contributed by atoms with Crippen LogP contribution in [0.1, 0.15) is 48.9 Å². The van der Waals surface area contributed by atoms with Crippen LogP contribution in [0.4, 0.5) is 10.3 Å². The molecule has 1 amide bonds. The van der Waals surface area contributed by atoms with Crippen LogP contribution in [0.15, 0.2) is 30.5 Å². The highest BCUT2D eigenvalue weighted by Crippen LogP contribution is 2.37. The summed E-state index contributed by atoms with van der Waals surface area (Å²) < 4.78 is 15.0. The minimum Gasteiger partial charge on any atom is -0.313 e. The smallest absolute Gasteiger partial charge is 0.278 e. The van der Waals surface area contributed by atoms with Gasteiger partial charge in [0.1, 0.15) is 5.82 Å². The number of H-pyrrole nitrogens is 1. The Kier molecular flexibility index (Phi) is 4.76. The zero-order chi connectivity index (χ0) is 20.8. The molecule has 0 radical (unpaired) electrons. The van der Waals surface area contributed by atoms with E-state index in [1.807, 2.05) is 7.05 Å². The molecule has 0 bridgehead atoms. The number of imidazole rings is 1. The Balaban J connectivity index is 1.56. The Morgan fingerprint density at radius 2 is 2.00 bits per heavy atom. The first kappa shape index (κ1) is 19.4. The zero-order valence-electron chi connectivity index (χ0n) is 17.2. The van der Waals surface area contributed by atoms with E-state index in [9.17, 15) is 9.18 Å². The van der Waals surface area contributed by atoms with Gasteiger partial charge in [-0.3, -0.25) is 15.2 Å². The van der Waals surface area contributed by atoms with E-state index in [4.69, 9.17) is 0 Å². The van der Waals surface area contributed by atoms with Gasteiger partial charge in [0.2, 0.25) is 5.95 Å². The van der Waals surface area contributed by atoms with Crippen molar-refractivity contribution in [2.45, 2.75) is 40.0 Å². The topological polar surface area (TPSA) is 75.6 Å². The summed E-state index contributed by atoms with van der Waals surface area (Å²) in [6, 6.07) is 6.19. The number of hydrogen-bond acceptors (Lipinski definition) is 3. The van der Waals surface area contributed by atoms with E-state index in [0.29, 0.717) is 17.6 Å². The van der Waals surface area contributed by atoms with Crippen molar-refractivity contribution in [3.8, 4) is 11.3 Å². The lowest BCUT2D eigenvalue weighted by atomic mass is 9.71. The second-order valence-corrected chi connectivity index (χ2v) is 8.82. The molecule has 0 aliphatic heterocycles. The Morgan fingerprint density at radius 1 is 1.28 bits per heavy atom. The van der Waals surface area contributed by atoms with Crippen molar-refractivity contribution < 1.29 is 9.18 Å². The van der Waals surface area contributed by atoms with E-state index < -0.39 is 0 Å². The number of anilines is 1. The number of benzene rings is 1. The number of halogens is 1. The first-order valence-corrected chi connectivity index (χ1v) is 9.89. The van der Waals surface area contributed by atoms with Crippen LogP contribution < -0.4 is 5.32 Å². The van der Waals surface area contributed by atoms with Crippen molar-refractivity contribution in [3.63, 3.8) is 0 Å². The maximum atomic E-state index is 13.2. The Bertz CT molecular complexity index is 1040. The number of carbonyl (C=O) groups is 1. The van der Waals surface area contributed by atoms with Crippen molar-refractivity contribution >= 4 is 11.9 Å². The summed E-state index contributed by atoms with van der Waals surface area (Å²) >= 11 is 0. The second-order valence-electron chi connectivity index (χ2n) is 8.82. The van der Waals surface area contributed by atoms with Gasteiger partial charge in [0.05, 0.1) is 11.9 Å². The van der Waals surface area contributed by atoms with E-state index in [-0.39, 0.29) is 17.1 Å². The summed E-state index contributed by atoms with van der Waals surface area (Å²) in [7, 11) is 1.82. The number of hydrogen-bond donors (Lipinski definition) is 2. The van der Waals surface area contributed by atoms with Crippen LogP contribution in [-0.4, -0.2) is 25.7 Å². The van der Waals surface area contributed by atoms with Crippen molar-refractivity contribution in [1.29, 1.82) is 0 Å². The molecule has 0 saturated heterocycles. The van der Waals surface area contributed by atoms with Gasteiger partial charge in [-0.15, -0.1) is 0 Å². The van der Waals surface area contributed by atoms with Gasteiger partial charge in [0.15, 0.2) is 5.69 Å². The molecule has 2 aromatic heterocycles. The molecule has 152 valence electrons. The minimum absolute atomic E-state index is 0.187. The van der Waals surface area contributed by atoms with E-state index in [1.54, 1.807) is 22.9 Å². The third-order valence-electron chi connectivity index (χ3n) is 5.94. The summed E-state index contributed by atoms with van der Waals surface area (Å²) in [5, 5.41) is 10.2. The highest BCUT2D eigenvalue weighted by atomic mass is 19.1. The fourth-order valence-corrected chi connectivity index (χ4v) is 4.00. The molecule has 2 N–H and O–H groups in total. The minimum atomic E-state index is -0.290. The normalized spacial score (nSPS) is 16.5. The standard InChI is InChI=1S/C22H26FN5O/c1-22(2,3)14-7-10-17-16(11-14)19(27-26-17)20(29)25-21-24-12-18(28(21)4)13-5-8-15(23)9-6-13/h5-6,8-9,12,14H,7,10-11H2,1-4H3,(H,26,27)(H,24,25,29)/t14-/m0/s1. The van der Waals surface area contributed by atoms with Crippen LogP contribution in [-0.2, 0) is 19.9 Å². The quantitative estimate of drug-likeness (QED) is 0.692. The molecule has 4 rings (SSSR count). The first-order valence-electron chi connectivity index (χ1n) is 9.89. The number of aryl methyl sites for hydroxylation is 1. The zero-order valence-corrected chi connectivity index (χ0v) is 17.2. The SMILES string of the molecule is Cn1c(-c2ccc(F)cc2)cnc1NC(=O)c1n[nH]c2c1C[C@@H](C(C)(C)C)CC2. The van der Waals surface area contributed by atoms with Gasteiger partial charge in [-0.2, -0.15) is 5.10 Å². The largest absolute Gasteiger partial charge is 0.313 e. The Labute approximate surface area is 169 Å². The van der Waals surface area contributed by atoms with Gasteiger partial charge in [-0.05, 0) is 54.9 Å². The van der Waals surface area contributed by atoms with Crippen molar-refractivity contribution in [1.82, 2.24) is 19.7 Å². The molecule has 0 saturated carbocycles. The average Bonchev–Trinajstić information content (AvgIpc) is 3.25. The Morgan fingerprint density at radius 3 is 2.69 bits per heavy atom. The summed E-state index contributed by atoms with van der Waals surface area (Å²) in [5.41, 5.74) is 4.32. The van der Waals surface area contributed by atoms with E-state index in [1.165, 1.54) is 12.1 Å². The molecule has 0 spiro atoms. The molecule has 7 heteroatoms. The number of aromatic nitrogens is 4. The number of rotatable bonds is 3. The fraction of sp³-hybridized carbons (Fsp3) is 0.409. The summed E-state index contributed by atoms with van der Waals surface area (Å²) in [6.45, 7) is 6.73. The van der Waals surface area contributed by atoms with Gasteiger partial charge < -0.3 is 4.57 Å². The molecular formula is C22H26FN5O. The maximum absolute atomic E-state index is 13.2. The van der Waals surface area contributed by atoms with Crippen LogP contribution in [0.25, 0.3) is 11.3 Å². The van der Waals surface area contributed by atoms with E-state index >= 15 is 0 Å². The van der Waals surface area contributed by atoms with Crippen LogP contribution in [0.3, 0.4) is 0 Å². The maximum Gasteiger partial charge on any atom is 0.278 e. The molecule has 0 unspecified atom stereocenters. The fourth-order valence-electron chi connectivity index (χ4n) is 4.00. The molecule has 1 atom stereocenters. The first-order chi connectivity index (χ1) is 13.7. The number of nitrogens with zero attached hydrogens (tertiary/aromatic N) is 3. The predicted molar refractivity (Wildman–Crippen MR) is 110 cm³/mol. The number of aromatic amines is 1. The van der Waals surface area contributed by atoms with E-state index in [0.717, 1.165) is 41.8 Å². The molecular weight excluding hydrogens is 369 g/mol. The van der Waals surface area contributed by atoms with Crippen LogP contribution in [0.5, 0.6) is 0 Å². The Hall–Kier alpha value is -2.96. The highest BCUT2D eigenvalue weighted by molar-refractivity contribution is 6.03. The lowest BCUT2D eigenvalue weighted by Crippen LogP contribution is -2.28. The molecule has 1 aliphatic rings. The van der Waals surface area contributed by atoms with Gasteiger partial charge in [0, 0.05) is 23.9 Å². The lowest BCUT2D eigenvalue weighted by molar-refractivity contribution is 0.101. The van der Waals surface area contributed by atoms with Gasteiger partial charge in [0.25, 0.3) is 5.91 Å². The van der Waals surface area contributed by atoms with Gasteiger partial charge >= 0.3 is 0 Å². The molecule has 29 heavy (non-hydrogen) atoms. The van der Waals surface area contributed by atoms with Crippen LogP contribution >= 0.6 is 0 Å². The molecule has 1 aromatic carbocycles. The predicted octanol–water partition coefficient (Wildman–Crippen LogP) is 4.35. The lowest BCUT2D eigenvalue weighted by Gasteiger charge is -2.33. The van der Waals surface area contributed by atoms with Gasteiger partial charge in [-0.25, -0.2) is 9.37 Å². The third-order valence-corrected chi connectivity index (χ3v) is 5.94. The van der Waals surface area contributed by atoms with E-state index in [2.05, 4.69) is 41.3 Å². The number of fused-ring (bicyclic) bond motifs is 1. The van der Waals surface area contributed by atoms with Gasteiger partial charge in [-0.1, -0.05) is 20.8 Å². The molecule has 2 heterocycles. The number of nitrogens with one attached hydrogen (secondary N) is 2. The molecule has 0 fully saturated rings. The number of carbonyl (C=O) groups excluding carboxylic acids is 1. The molecule has 3 aromatic rings. The third kappa shape index (κ3) is 3.69. The van der Waals surface area contributed by atoms with Crippen molar-refractivity contribution in [3.05, 3.63) is 53.2 Å². The molecule has 1 aliphatic carbocycles. The van der Waals surface area contributed by atoms with Crippen molar-refractivity contribution in [2.75, 3.05) is 5.32 Å². The monoisotopic (exact) mass is 395 g/mol. The van der Waals surface area contributed by atoms with Crippen molar-refractivity contribution in [2.24, 2.45) is 18.4 Å². The summed E-state index contributed by atoms with van der Waals surface area (Å²) in [5.74, 6) is 0.379. The average molecular weight is 395 g/mol. The van der Waals surface area contributed by atoms with Crippen LogP contribution in [0, 0.1) is 17.2 Å². The summed E-state index contributed by atoms with van der Waals surface area (Å²) in [4.78, 5) is 17.3.